The molecule has 21 heavy (non-hydrogen) atoms. The summed E-state index contributed by atoms with van der Waals surface area (Å²) in [4.78, 5) is 30.0. The summed E-state index contributed by atoms with van der Waals surface area (Å²) in [6.45, 7) is 4.00. The minimum atomic E-state index is -0.923. The number of thiophene rings is 1. The second-order valence-corrected chi connectivity index (χ2v) is 6.84. The highest BCUT2D eigenvalue weighted by molar-refractivity contribution is 7.99. The normalized spacial score (nSPS) is 13.5. The number of nitrogens with zero attached hydrogens (tertiary/aromatic N) is 2. The Morgan fingerprint density at radius 2 is 2.33 bits per heavy atom. The first kappa shape index (κ1) is 14.3. The van der Waals surface area contributed by atoms with E-state index in [1.165, 1.54) is 9.44 Å². The van der Waals surface area contributed by atoms with Crippen LogP contribution in [0.1, 0.15) is 16.9 Å². The standard InChI is InChI=1S/C14H14N2O3S2/c1-2-6-16-13(19)11-8-4-3-5-9(8)21-12(11)15-14(16)20-7-10(17)18/h2H,1,3-7H2,(H,17,18). The first-order valence-electron chi connectivity index (χ1n) is 6.62. The van der Waals surface area contributed by atoms with Gasteiger partial charge in [0.15, 0.2) is 5.16 Å². The van der Waals surface area contributed by atoms with Gasteiger partial charge in [0.2, 0.25) is 0 Å². The van der Waals surface area contributed by atoms with E-state index in [0.717, 1.165) is 41.4 Å². The third-order valence-corrected chi connectivity index (χ3v) is 5.57. The minimum absolute atomic E-state index is 0.0767. The number of rotatable bonds is 5. The molecule has 0 unspecified atom stereocenters. The van der Waals surface area contributed by atoms with Gasteiger partial charge in [-0.2, -0.15) is 0 Å². The van der Waals surface area contributed by atoms with Crippen LogP contribution in [0.2, 0.25) is 0 Å². The highest BCUT2D eigenvalue weighted by Crippen LogP contribution is 2.35. The van der Waals surface area contributed by atoms with Crippen LogP contribution in [0.4, 0.5) is 0 Å². The highest BCUT2D eigenvalue weighted by Gasteiger charge is 2.23. The average molecular weight is 322 g/mol. The van der Waals surface area contributed by atoms with Crippen molar-refractivity contribution in [3.63, 3.8) is 0 Å². The lowest BCUT2D eigenvalue weighted by molar-refractivity contribution is -0.133. The average Bonchev–Trinajstić information content (AvgIpc) is 2.99. The Labute approximate surface area is 129 Å². The molecule has 110 valence electrons. The van der Waals surface area contributed by atoms with Gasteiger partial charge in [-0.1, -0.05) is 17.8 Å². The molecule has 2 aromatic heterocycles. The van der Waals surface area contributed by atoms with Crippen molar-refractivity contribution in [1.29, 1.82) is 0 Å². The fraction of sp³-hybridized carbons (Fsp3) is 0.357. The largest absolute Gasteiger partial charge is 0.481 e. The number of hydrogen-bond acceptors (Lipinski definition) is 5. The maximum atomic E-state index is 12.7. The molecule has 1 N–H and O–H groups in total. The number of aryl methyl sites for hydroxylation is 2. The molecule has 7 heteroatoms. The molecule has 1 aliphatic rings. The highest BCUT2D eigenvalue weighted by atomic mass is 32.2. The number of fused-ring (bicyclic) bond motifs is 3. The number of aliphatic carboxylic acids is 1. The molecule has 3 rings (SSSR count). The van der Waals surface area contributed by atoms with E-state index < -0.39 is 5.97 Å². The van der Waals surface area contributed by atoms with Crippen molar-refractivity contribution < 1.29 is 9.90 Å². The summed E-state index contributed by atoms with van der Waals surface area (Å²) in [7, 11) is 0. The maximum Gasteiger partial charge on any atom is 0.313 e. The second kappa shape index (κ2) is 5.65. The van der Waals surface area contributed by atoms with Crippen LogP contribution in [0.5, 0.6) is 0 Å². The Hall–Kier alpha value is -1.60. The van der Waals surface area contributed by atoms with E-state index in [9.17, 15) is 9.59 Å². The Morgan fingerprint density at radius 3 is 3.05 bits per heavy atom. The van der Waals surface area contributed by atoms with E-state index in [2.05, 4.69) is 11.6 Å². The van der Waals surface area contributed by atoms with E-state index >= 15 is 0 Å². The summed E-state index contributed by atoms with van der Waals surface area (Å²) in [6, 6.07) is 0. The summed E-state index contributed by atoms with van der Waals surface area (Å²) in [5.41, 5.74) is 1.06. The summed E-state index contributed by atoms with van der Waals surface area (Å²) in [5.74, 6) is -1.03. The molecule has 0 saturated carbocycles. The number of carboxylic acids is 1. The predicted molar refractivity (Wildman–Crippen MR) is 84.5 cm³/mol. The molecule has 5 nitrogen and oxygen atoms in total. The van der Waals surface area contributed by atoms with Crippen molar-refractivity contribution in [3.05, 3.63) is 33.4 Å². The third kappa shape index (κ3) is 2.51. The van der Waals surface area contributed by atoms with Crippen LogP contribution in [-0.4, -0.2) is 26.4 Å². The molecular weight excluding hydrogens is 308 g/mol. The first-order valence-corrected chi connectivity index (χ1v) is 8.42. The summed E-state index contributed by atoms with van der Waals surface area (Å²) < 4.78 is 1.52. The molecule has 0 radical (unpaired) electrons. The summed E-state index contributed by atoms with van der Waals surface area (Å²) >= 11 is 2.64. The van der Waals surface area contributed by atoms with Gasteiger partial charge in [0.25, 0.3) is 5.56 Å². The number of carbonyl (C=O) groups is 1. The topological polar surface area (TPSA) is 72.2 Å². The fourth-order valence-electron chi connectivity index (χ4n) is 2.58. The van der Waals surface area contributed by atoms with Crippen LogP contribution in [0.25, 0.3) is 10.2 Å². The number of hydrogen-bond donors (Lipinski definition) is 1. The zero-order chi connectivity index (χ0) is 15.0. The van der Waals surface area contributed by atoms with Gasteiger partial charge >= 0.3 is 5.97 Å². The number of aromatic nitrogens is 2. The Kier molecular flexibility index (Phi) is 3.86. The molecule has 2 heterocycles. The number of allylic oxidation sites excluding steroid dienone is 1. The van der Waals surface area contributed by atoms with Gasteiger partial charge in [-0.15, -0.1) is 17.9 Å². The molecule has 0 saturated heterocycles. The van der Waals surface area contributed by atoms with Crippen LogP contribution in [0.15, 0.2) is 22.6 Å². The van der Waals surface area contributed by atoms with Crippen molar-refractivity contribution in [2.75, 3.05) is 5.75 Å². The smallest absolute Gasteiger partial charge is 0.313 e. The monoisotopic (exact) mass is 322 g/mol. The molecule has 1 aliphatic carbocycles. The van der Waals surface area contributed by atoms with Crippen molar-refractivity contribution in [2.45, 2.75) is 31.0 Å². The van der Waals surface area contributed by atoms with Gasteiger partial charge in [-0.05, 0) is 24.8 Å². The summed E-state index contributed by atoms with van der Waals surface area (Å²) in [5, 5.41) is 9.99. The van der Waals surface area contributed by atoms with Gasteiger partial charge in [0.05, 0.1) is 11.1 Å². The van der Waals surface area contributed by atoms with Gasteiger partial charge in [-0.3, -0.25) is 14.2 Å². The zero-order valence-corrected chi connectivity index (χ0v) is 12.9. The lowest BCUT2D eigenvalue weighted by Gasteiger charge is -2.09. The Morgan fingerprint density at radius 1 is 1.52 bits per heavy atom. The van der Waals surface area contributed by atoms with Crippen LogP contribution < -0.4 is 5.56 Å². The van der Waals surface area contributed by atoms with Crippen LogP contribution in [-0.2, 0) is 24.2 Å². The third-order valence-electron chi connectivity index (χ3n) is 3.43. The van der Waals surface area contributed by atoms with Gasteiger partial charge in [0, 0.05) is 11.4 Å². The van der Waals surface area contributed by atoms with Crippen LogP contribution >= 0.6 is 23.1 Å². The van der Waals surface area contributed by atoms with Crippen LogP contribution in [0, 0.1) is 0 Å². The van der Waals surface area contributed by atoms with E-state index in [-0.39, 0.29) is 11.3 Å². The molecule has 0 spiro atoms. The molecule has 0 amide bonds. The van der Waals surface area contributed by atoms with E-state index in [4.69, 9.17) is 5.11 Å². The molecule has 0 aromatic carbocycles. The Balaban J connectivity index is 2.18. The minimum Gasteiger partial charge on any atom is -0.481 e. The molecular formula is C14H14N2O3S2. The molecule has 0 bridgehead atoms. The van der Waals surface area contributed by atoms with Gasteiger partial charge in [-0.25, -0.2) is 4.98 Å². The van der Waals surface area contributed by atoms with Gasteiger partial charge in [0.1, 0.15) is 4.83 Å². The van der Waals surface area contributed by atoms with E-state index in [1.54, 1.807) is 17.4 Å². The second-order valence-electron chi connectivity index (χ2n) is 4.82. The first-order chi connectivity index (χ1) is 10.1. The van der Waals surface area contributed by atoms with E-state index in [0.29, 0.717) is 17.1 Å². The maximum absolute atomic E-state index is 12.7. The predicted octanol–water partition coefficient (Wildman–Crippen LogP) is 2.31. The van der Waals surface area contributed by atoms with E-state index in [1.807, 2.05) is 0 Å². The number of thioether (sulfide) groups is 1. The molecule has 0 atom stereocenters. The molecule has 0 aliphatic heterocycles. The SMILES string of the molecule is C=CCn1c(SCC(=O)O)nc2sc3c(c2c1=O)CCC3. The van der Waals surface area contributed by atoms with Crippen molar-refractivity contribution >= 4 is 39.3 Å². The van der Waals surface area contributed by atoms with Crippen molar-refractivity contribution in [1.82, 2.24) is 9.55 Å². The quantitative estimate of drug-likeness (QED) is 0.519. The Bertz CT molecular complexity index is 792. The van der Waals surface area contributed by atoms with Crippen molar-refractivity contribution in [3.8, 4) is 0 Å². The lowest BCUT2D eigenvalue weighted by Crippen LogP contribution is -2.23. The van der Waals surface area contributed by atoms with Crippen LogP contribution in [0.3, 0.4) is 0 Å². The van der Waals surface area contributed by atoms with Gasteiger partial charge < -0.3 is 5.11 Å². The molecule has 0 fully saturated rings. The lowest BCUT2D eigenvalue weighted by atomic mass is 10.2. The zero-order valence-electron chi connectivity index (χ0n) is 11.3. The molecule has 2 aromatic rings. The van der Waals surface area contributed by atoms with Crippen molar-refractivity contribution in [2.24, 2.45) is 0 Å². The fourth-order valence-corrected chi connectivity index (χ4v) is 4.62. The summed E-state index contributed by atoms with van der Waals surface area (Å²) in [6.07, 6.45) is 4.66. The number of carboxylic acid groups (broad SMARTS) is 1.